The summed E-state index contributed by atoms with van der Waals surface area (Å²) in [6.07, 6.45) is -4.92. The molecular formula is C16H28O7. The van der Waals surface area contributed by atoms with Crippen LogP contribution in [-0.4, -0.2) is 63.2 Å². The number of hydrogen-bond acceptors (Lipinski definition) is 6. The molecule has 7 nitrogen and oxygen atoms in total. The summed E-state index contributed by atoms with van der Waals surface area (Å²) < 4.78 is 11.1. The lowest BCUT2D eigenvalue weighted by Crippen LogP contribution is -2.61. The van der Waals surface area contributed by atoms with E-state index in [0.29, 0.717) is 11.8 Å². The number of carboxylic acid groups (broad SMARTS) is 1. The quantitative estimate of drug-likeness (QED) is 0.587. The summed E-state index contributed by atoms with van der Waals surface area (Å²) in [5.41, 5.74) is 0. The number of aliphatic hydroxyl groups excluding tert-OH is 3. The maximum Gasteiger partial charge on any atom is 0.335 e. The molecule has 0 unspecified atom stereocenters. The molecule has 0 radical (unpaired) electrons. The second kappa shape index (κ2) is 7.44. The highest BCUT2D eigenvalue weighted by atomic mass is 16.7. The van der Waals surface area contributed by atoms with E-state index in [1.807, 2.05) is 0 Å². The highest BCUT2D eigenvalue weighted by molar-refractivity contribution is 5.73. The van der Waals surface area contributed by atoms with E-state index in [9.17, 15) is 20.1 Å². The summed E-state index contributed by atoms with van der Waals surface area (Å²) in [5.74, 6) is -0.246. The maximum atomic E-state index is 11.1. The Hall–Kier alpha value is -0.730. The van der Waals surface area contributed by atoms with Crippen molar-refractivity contribution in [1.82, 2.24) is 0 Å². The van der Waals surface area contributed by atoms with Gasteiger partial charge in [0.1, 0.15) is 18.3 Å². The van der Waals surface area contributed by atoms with Gasteiger partial charge in [-0.1, -0.05) is 27.2 Å². The average Bonchev–Trinajstić information content (AvgIpc) is 2.47. The van der Waals surface area contributed by atoms with Gasteiger partial charge in [0.25, 0.3) is 0 Å². The van der Waals surface area contributed by atoms with Crippen LogP contribution in [0, 0.1) is 17.8 Å². The second-order valence-corrected chi connectivity index (χ2v) is 7.24. The third-order valence-electron chi connectivity index (χ3n) is 5.08. The van der Waals surface area contributed by atoms with Crippen LogP contribution in [0.4, 0.5) is 0 Å². The number of rotatable bonds is 4. The van der Waals surface area contributed by atoms with Gasteiger partial charge in [-0.05, 0) is 30.6 Å². The highest BCUT2D eigenvalue weighted by Gasteiger charge is 2.48. The van der Waals surface area contributed by atoms with Crippen molar-refractivity contribution >= 4 is 5.97 Å². The van der Waals surface area contributed by atoms with Gasteiger partial charge in [0.05, 0.1) is 6.10 Å². The zero-order valence-corrected chi connectivity index (χ0v) is 13.8. The van der Waals surface area contributed by atoms with Crippen LogP contribution in [0.25, 0.3) is 0 Å². The summed E-state index contributed by atoms with van der Waals surface area (Å²) in [7, 11) is 0. The molecule has 7 heteroatoms. The van der Waals surface area contributed by atoms with Crippen LogP contribution < -0.4 is 0 Å². The molecule has 134 valence electrons. The van der Waals surface area contributed by atoms with E-state index in [0.717, 1.165) is 19.3 Å². The van der Waals surface area contributed by atoms with Gasteiger partial charge < -0.3 is 29.9 Å². The molecule has 1 saturated heterocycles. The first-order valence-corrected chi connectivity index (χ1v) is 8.30. The molecule has 2 aliphatic rings. The van der Waals surface area contributed by atoms with Gasteiger partial charge in [-0.25, -0.2) is 4.79 Å². The summed E-state index contributed by atoms with van der Waals surface area (Å²) in [6.45, 7) is 6.34. The first-order valence-electron chi connectivity index (χ1n) is 8.30. The fourth-order valence-electron chi connectivity index (χ4n) is 3.61. The molecule has 0 aromatic rings. The first-order chi connectivity index (χ1) is 10.7. The van der Waals surface area contributed by atoms with E-state index < -0.39 is 36.7 Å². The van der Waals surface area contributed by atoms with E-state index in [2.05, 4.69) is 20.8 Å². The van der Waals surface area contributed by atoms with Crippen LogP contribution in [0.1, 0.15) is 40.0 Å². The van der Waals surface area contributed by atoms with E-state index in [4.69, 9.17) is 14.6 Å². The second-order valence-electron chi connectivity index (χ2n) is 7.24. The molecule has 0 aromatic carbocycles. The normalized spacial score (nSPS) is 45.2. The molecule has 0 amide bonds. The van der Waals surface area contributed by atoms with Crippen LogP contribution >= 0.6 is 0 Å². The summed E-state index contributed by atoms with van der Waals surface area (Å²) >= 11 is 0. The lowest BCUT2D eigenvalue weighted by molar-refractivity contribution is -0.311. The van der Waals surface area contributed by atoms with Crippen molar-refractivity contribution in [2.75, 3.05) is 0 Å². The molecule has 23 heavy (non-hydrogen) atoms. The third-order valence-corrected chi connectivity index (χ3v) is 5.08. The molecule has 1 heterocycles. The molecule has 1 saturated carbocycles. The van der Waals surface area contributed by atoms with Gasteiger partial charge in [-0.2, -0.15) is 0 Å². The Morgan fingerprint density at radius 3 is 2.35 bits per heavy atom. The minimum absolute atomic E-state index is 0.171. The van der Waals surface area contributed by atoms with Gasteiger partial charge in [0.2, 0.25) is 0 Å². The Labute approximate surface area is 136 Å². The fraction of sp³-hybridized carbons (Fsp3) is 0.938. The third kappa shape index (κ3) is 4.03. The lowest BCUT2D eigenvalue weighted by Gasteiger charge is -2.43. The number of hydrogen-bond donors (Lipinski definition) is 4. The van der Waals surface area contributed by atoms with Gasteiger partial charge in [-0.15, -0.1) is 0 Å². The predicted molar refractivity (Wildman–Crippen MR) is 80.5 cm³/mol. The van der Waals surface area contributed by atoms with Gasteiger partial charge in [0.15, 0.2) is 12.4 Å². The van der Waals surface area contributed by atoms with Crippen LogP contribution in [0.2, 0.25) is 0 Å². The number of aliphatic hydroxyl groups is 3. The van der Waals surface area contributed by atoms with E-state index >= 15 is 0 Å². The Kier molecular flexibility index (Phi) is 6.02. The standard InChI is InChI=1S/C16H28O7/c1-7(2)9-5-4-8(3)6-10(9)22-16-13(19)11(17)12(18)14(23-16)15(20)21/h7-14,16-19H,4-6H2,1-3H3,(H,20,21)/t8-,9+,10-,11+,12+,13-,14+,16-/m1/s1. The van der Waals surface area contributed by atoms with Crippen molar-refractivity contribution < 1.29 is 34.7 Å². The average molecular weight is 332 g/mol. The summed E-state index contributed by atoms with van der Waals surface area (Å²) in [5, 5.41) is 38.7. The number of ether oxygens (including phenoxy) is 2. The smallest absolute Gasteiger partial charge is 0.335 e. The number of aliphatic carboxylic acids is 1. The Balaban J connectivity index is 2.11. The van der Waals surface area contributed by atoms with Gasteiger partial charge in [-0.3, -0.25) is 0 Å². The summed E-state index contributed by atoms with van der Waals surface area (Å²) in [4.78, 5) is 11.1. The zero-order chi connectivity index (χ0) is 17.3. The predicted octanol–water partition coefficient (Wildman–Crippen LogP) is 0.356. The molecule has 2 rings (SSSR count). The van der Waals surface area contributed by atoms with Crippen molar-refractivity contribution in [3.63, 3.8) is 0 Å². The fourth-order valence-corrected chi connectivity index (χ4v) is 3.61. The molecular weight excluding hydrogens is 304 g/mol. The Bertz CT molecular complexity index is 413. The Morgan fingerprint density at radius 2 is 1.78 bits per heavy atom. The van der Waals surface area contributed by atoms with Crippen molar-refractivity contribution in [2.24, 2.45) is 17.8 Å². The Morgan fingerprint density at radius 1 is 1.13 bits per heavy atom. The molecule has 8 atom stereocenters. The number of carbonyl (C=O) groups is 1. The van der Waals surface area contributed by atoms with Crippen LogP contribution in [0.5, 0.6) is 0 Å². The van der Waals surface area contributed by atoms with Crippen molar-refractivity contribution in [2.45, 2.75) is 76.8 Å². The van der Waals surface area contributed by atoms with E-state index in [-0.39, 0.29) is 12.0 Å². The van der Waals surface area contributed by atoms with Crippen molar-refractivity contribution in [1.29, 1.82) is 0 Å². The minimum atomic E-state index is -1.69. The van der Waals surface area contributed by atoms with Crippen LogP contribution in [0.15, 0.2) is 0 Å². The SMILES string of the molecule is CC(C)[C@@H]1CC[C@@H](C)C[C@H]1O[C@@H]1O[C@H](C(=O)O)[C@@H](O)[C@H](O)[C@H]1O. The van der Waals surface area contributed by atoms with Crippen molar-refractivity contribution in [3.05, 3.63) is 0 Å². The van der Waals surface area contributed by atoms with Gasteiger partial charge >= 0.3 is 5.97 Å². The maximum absolute atomic E-state index is 11.1. The first kappa shape index (κ1) is 18.6. The molecule has 0 spiro atoms. The zero-order valence-electron chi connectivity index (χ0n) is 13.8. The molecule has 0 bridgehead atoms. The monoisotopic (exact) mass is 332 g/mol. The topological polar surface area (TPSA) is 116 Å². The minimum Gasteiger partial charge on any atom is -0.479 e. The van der Waals surface area contributed by atoms with Crippen LogP contribution in [-0.2, 0) is 14.3 Å². The largest absolute Gasteiger partial charge is 0.479 e. The highest BCUT2D eigenvalue weighted by Crippen LogP contribution is 2.37. The summed E-state index contributed by atoms with van der Waals surface area (Å²) in [6, 6.07) is 0. The van der Waals surface area contributed by atoms with E-state index in [1.54, 1.807) is 0 Å². The lowest BCUT2D eigenvalue weighted by atomic mass is 9.75. The molecule has 4 N–H and O–H groups in total. The van der Waals surface area contributed by atoms with Crippen LogP contribution in [0.3, 0.4) is 0 Å². The molecule has 2 fully saturated rings. The molecule has 0 aromatic heterocycles. The molecule has 1 aliphatic heterocycles. The number of carboxylic acids is 1. The van der Waals surface area contributed by atoms with Gasteiger partial charge in [0, 0.05) is 0 Å². The van der Waals surface area contributed by atoms with E-state index in [1.165, 1.54) is 0 Å². The molecule has 1 aliphatic carbocycles. The van der Waals surface area contributed by atoms with Crippen molar-refractivity contribution in [3.8, 4) is 0 Å².